The molecule has 1 aliphatic rings. The topological polar surface area (TPSA) is 85.8 Å². The maximum absolute atomic E-state index is 12.9. The molecule has 1 N–H and O–H groups in total. The number of nitrogens with one attached hydrogen (secondary N) is 1. The molecule has 0 saturated carbocycles. The molecule has 0 spiro atoms. The minimum Gasteiger partial charge on any atom is -0.360 e. The average Bonchev–Trinajstić information content (AvgIpc) is 3.35. The number of rotatable bonds is 6. The van der Waals surface area contributed by atoms with Gasteiger partial charge in [-0.1, -0.05) is 35.5 Å². The zero-order valence-electron chi connectivity index (χ0n) is 14.5. The summed E-state index contributed by atoms with van der Waals surface area (Å²) in [6, 6.07) is 9.82. The normalized spacial score (nSPS) is 14.6. The fourth-order valence-corrected chi connectivity index (χ4v) is 3.41. The van der Waals surface area contributed by atoms with Gasteiger partial charge in [0.25, 0.3) is 5.91 Å². The number of aryl methyl sites for hydroxylation is 2. The molecule has 1 aliphatic carbocycles. The van der Waals surface area contributed by atoms with E-state index in [1.165, 1.54) is 6.33 Å². The van der Waals surface area contributed by atoms with Crippen LogP contribution in [0.2, 0.25) is 0 Å². The van der Waals surface area contributed by atoms with Crippen molar-refractivity contribution in [3.8, 4) is 0 Å². The van der Waals surface area contributed by atoms with Gasteiger partial charge in [-0.25, -0.2) is 4.98 Å². The molecular weight excluding hydrogens is 330 g/mol. The molecule has 0 bridgehead atoms. The van der Waals surface area contributed by atoms with Gasteiger partial charge >= 0.3 is 0 Å². The van der Waals surface area contributed by atoms with Gasteiger partial charge in [0.15, 0.2) is 5.69 Å². The summed E-state index contributed by atoms with van der Waals surface area (Å²) in [4.78, 5) is 16.8. The number of hydrogen-bond donors (Lipinski definition) is 1. The first kappa shape index (κ1) is 16.5. The Bertz CT molecular complexity index is 857. The van der Waals surface area contributed by atoms with Gasteiger partial charge in [0.05, 0.1) is 6.04 Å². The van der Waals surface area contributed by atoms with Crippen LogP contribution in [0.4, 0.5) is 0 Å². The largest absolute Gasteiger partial charge is 0.360 e. The van der Waals surface area contributed by atoms with Crippen LogP contribution < -0.4 is 5.32 Å². The Hall–Kier alpha value is -2.96. The first-order chi connectivity index (χ1) is 12.8. The van der Waals surface area contributed by atoms with Crippen LogP contribution in [-0.4, -0.2) is 25.8 Å². The highest BCUT2D eigenvalue weighted by molar-refractivity contribution is 5.94. The molecular formula is C19H21N5O2. The average molecular weight is 351 g/mol. The van der Waals surface area contributed by atoms with E-state index in [4.69, 9.17) is 4.52 Å². The third-order valence-corrected chi connectivity index (χ3v) is 4.79. The Labute approximate surface area is 151 Å². The van der Waals surface area contributed by atoms with Crippen LogP contribution in [0.3, 0.4) is 0 Å². The summed E-state index contributed by atoms with van der Waals surface area (Å²) in [6.07, 6.45) is 7.78. The van der Waals surface area contributed by atoms with Crippen molar-refractivity contribution in [2.75, 3.05) is 0 Å². The number of aromatic nitrogens is 4. The van der Waals surface area contributed by atoms with Crippen molar-refractivity contribution in [1.82, 2.24) is 25.2 Å². The quantitative estimate of drug-likeness (QED) is 0.738. The van der Waals surface area contributed by atoms with Crippen molar-refractivity contribution >= 4 is 5.91 Å². The molecule has 134 valence electrons. The third-order valence-electron chi connectivity index (χ3n) is 4.79. The van der Waals surface area contributed by atoms with E-state index in [1.807, 2.05) is 30.3 Å². The van der Waals surface area contributed by atoms with Gasteiger partial charge in [-0.05, 0) is 31.2 Å². The highest BCUT2D eigenvalue weighted by Gasteiger charge is 2.25. The molecule has 2 heterocycles. The molecule has 7 nitrogen and oxygen atoms in total. The van der Waals surface area contributed by atoms with Crippen molar-refractivity contribution in [1.29, 1.82) is 0 Å². The lowest BCUT2D eigenvalue weighted by atomic mass is 9.96. The van der Waals surface area contributed by atoms with Crippen LogP contribution in [0, 0.1) is 0 Å². The lowest BCUT2D eigenvalue weighted by Crippen LogP contribution is -2.30. The Kier molecular flexibility index (Phi) is 4.77. The van der Waals surface area contributed by atoms with Gasteiger partial charge in [-0.3, -0.25) is 9.48 Å². The second-order valence-electron chi connectivity index (χ2n) is 6.52. The molecule has 1 amide bonds. The summed E-state index contributed by atoms with van der Waals surface area (Å²) in [7, 11) is 0. The Morgan fingerprint density at radius 1 is 1.23 bits per heavy atom. The molecule has 1 atom stereocenters. The van der Waals surface area contributed by atoms with Crippen LogP contribution in [0.25, 0.3) is 0 Å². The van der Waals surface area contributed by atoms with Crippen LogP contribution in [0.1, 0.15) is 52.7 Å². The van der Waals surface area contributed by atoms with Crippen molar-refractivity contribution in [2.24, 2.45) is 0 Å². The summed E-state index contributed by atoms with van der Waals surface area (Å²) in [5, 5.41) is 11.3. The predicted octanol–water partition coefficient (Wildman–Crippen LogP) is 2.71. The van der Waals surface area contributed by atoms with Crippen molar-refractivity contribution in [3.05, 3.63) is 65.6 Å². The van der Waals surface area contributed by atoms with Gasteiger partial charge in [0.1, 0.15) is 18.4 Å². The minimum atomic E-state index is -0.177. The number of amides is 1. The minimum absolute atomic E-state index is 0.135. The first-order valence-corrected chi connectivity index (χ1v) is 8.97. The van der Waals surface area contributed by atoms with Gasteiger partial charge in [0, 0.05) is 18.5 Å². The highest BCUT2D eigenvalue weighted by Crippen LogP contribution is 2.25. The summed E-state index contributed by atoms with van der Waals surface area (Å²) in [5.41, 5.74) is 2.46. The van der Waals surface area contributed by atoms with E-state index < -0.39 is 0 Å². The lowest BCUT2D eigenvalue weighted by molar-refractivity contribution is 0.0923. The molecule has 2 aromatic heterocycles. The molecule has 0 unspecified atom stereocenters. The second-order valence-corrected chi connectivity index (χ2v) is 6.52. The third kappa shape index (κ3) is 3.51. The van der Waals surface area contributed by atoms with Crippen LogP contribution >= 0.6 is 0 Å². The molecule has 0 aliphatic heterocycles. The van der Waals surface area contributed by atoms with E-state index in [-0.39, 0.29) is 11.9 Å². The van der Waals surface area contributed by atoms with E-state index in [0.29, 0.717) is 18.7 Å². The molecule has 4 rings (SSSR count). The van der Waals surface area contributed by atoms with Gasteiger partial charge in [-0.2, -0.15) is 5.10 Å². The fraction of sp³-hybridized carbons (Fsp3) is 0.368. The predicted molar refractivity (Wildman–Crippen MR) is 94.4 cm³/mol. The van der Waals surface area contributed by atoms with Crippen molar-refractivity contribution in [3.63, 3.8) is 0 Å². The maximum Gasteiger partial charge on any atom is 0.274 e. The summed E-state index contributed by atoms with van der Waals surface area (Å²) in [5.74, 6) is 0.685. The molecule has 0 saturated heterocycles. The van der Waals surface area contributed by atoms with E-state index in [0.717, 1.165) is 42.6 Å². The number of carbonyl (C=O) groups excluding carboxylic acids is 1. The van der Waals surface area contributed by atoms with E-state index in [1.54, 1.807) is 11.0 Å². The standard InChI is InChI=1S/C19H21N5O2/c25-19(18-15-8-4-5-9-17(15)26-23-18)22-16(14-6-2-1-3-7-14)10-11-24-13-20-12-21-24/h1-3,6-7,12-13,16H,4-5,8-11H2,(H,22,25)/t16-/m1/s1. The zero-order valence-corrected chi connectivity index (χ0v) is 14.5. The van der Waals surface area contributed by atoms with E-state index >= 15 is 0 Å². The van der Waals surface area contributed by atoms with Gasteiger partial charge in [0.2, 0.25) is 0 Å². The zero-order chi connectivity index (χ0) is 17.8. The fourth-order valence-electron chi connectivity index (χ4n) is 3.41. The Morgan fingerprint density at radius 2 is 2.08 bits per heavy atom. The summed E-state index contributed by atoms with van der Waals surface area (Å²) < 4.78 is 7.15. The Balaban J connectivity index is 1.52. The summed E-state index contributed by atoms with van der Waals surface area (Å²) >= 11 is 0. The number of fused-ring (bicyclic) bond motifs is 1. The molecule has 7 heteroatoms. The lowest BCUT2D eigenvalue weighted by Gasteiger charge is -2.19. The monoisotopic (exact) mass is 351 g/mol. The molecule has 0 radical (unpaired) electrons. The van der Waals surface area contributed by atoms with Crippen LogP contribution in [0.5, 0.6) is 0 Å². The first-order valence-electron chi connectivity index (χ1n) is 8.97. The maximum atomic E-state index is 12.9. The number of carbonyl (C=O) groups is 1. The van der Waals surface area contributed by atoms with E-state index in [2.05, 4.69) is 20.6 Å². The van der Waals surface area contributed by atoms with E-state index in [9.17, 15) is 4.79 Å². The van der Waals surface area contributed by atoms with Crippen LogP contribution in [-0.2, 0) is 19.4 Å². The molecule has 3 aromatic rings. The molecule has 1 aromatic carbocycles. The highest BCUT2D eigenvalue weighted by atomic mass is 16.5. The Morgan fingerprint density at radius 3 is 2.88 bits per heavy atom. The number of hydrogen-bond acceptors (Lipinski definition) is 5. The van der Waals surface area contributed by atoms with Gasteiger partial charge in [-0.15, -0.1) is 0 Å². The SMILES string of the molecule is O=C(N[C@H](CCn1cncn1)c1ccccc1)c1noc2c1CCCC2. The second kappa shape index (κ2) is 7.51. The smallest absolute Gasteiger partial charge is 0.274 e. The van der Waals surface area contributed by atoms with Crippen molar-refractivity contribution < 1.29 is 9.32 Å². The van der Waals surface area contributed by atoms with Gasteiger partial charge < -0.3 is 9.84 Å². The molecule has 26 heavy (non-hydrogen) atoms. The summed E-state index contributed by atoms with van der Waals surface area (Å²) in [6.45, 7) is 0.663. The number of benzene rings is 1. The number of nitrogens with zero attached hydrogens (tertiary/aromatic N) is 4. The molecule has 0 fully saturated rings. The van der Waals surface area contributed by atoms with Crippen LogP contribution in [0.15, 0.2) is 47.5 Å². The van der Waals surface area contributed by atoms with Crippen molar-refractivity contribution in [2.45, 2.75) is 44.7 Å².